The second-order valence-corrected chi connectivity index (χ2v) is 5.52. The van der Waals surface area contributed by atoms with E-state index in [1.54, 1.807) is 0 Å². The summed E-state index contributed by atoms with van der Waals surface area (Å²) < 4.78 is 0. The van der Waals surface area contributed by atoms with E-state index < -0.39 is 0 Å². The molecule has 2 heteroatoms. The molecule has 0 unspecified atom stereocenters. The Morgan fingerprint density at radius 1 is 1.10 bits per heavy atom. The number of aryl methyl sites for hydroxylation is 1. The minimum absolute atomic E-state index is 0.235. The molecule has 2 aromatic rings. The van der Waals surface area contributed by atoms with E-state index in [2.05, 4.69) is 31.2 Å². The maximum absolute atomic E-state index is 12.5. The van der Waals surface area contributed by atoms with Gasteiger partial charge in [0.25, 0.3) is 0 Å². The Labute approximate surface area is 120 Å². The van der Waals surface area contributed by atoms with Crippen LogP contribution in [0.15, 0.2) is 54.6 Å². The molecule has 1 amide bonds. The van der Waals surface area contributed by atoms with Crippen molar-refractivity contribution in [1.29, 1.82) is 0 Å². The molecule has 0 heterocycles. The highest BCUT2D eigenvalue weighted by Gasteiger charge is 2.34. The van der Waals surface area contributed by atoms with E-state index in [4.69, 9.17) is 0 Å². The molecule has 0 aromatic heterocycles. The third-order valence-corrected chi connectivity index (χ3v) is 3.69. The van der Waals surface area contributed by atoms with Gasteiger partial charge in [-0.1, -0.05) is 42.5 Å². The summed E-state index contributed by atoms with van der Waals surface area (Å²) in [5, 5.41) is 0. The van der Waals surface area contributed by atoms with Gasteiger partial charge in [-0.25, -0.2) is 0 Å². The minimum atomic E-state index is 0.235. The number of nitrogens with zero attached hydrogens (tertiary/aromatic N) is 1. The van der Waals surface area contributed by atoms with Gasteiger partial charge in [-0.15, -0.1) is 0 Å². The van der Waals surface area contributed by atoms with Crippen molar-refractivity contribution in [2.45, 2.75) is 26.3 Å². The fourth-order valence-corrected chi connectivity index (χ4v) is 2.41. The minimum Gasteiger partial charge on any atom is -0.308 e. The molecule has 2 nitrogen and oxygen atoms in total. The van der Waals surface area contributed by atoms with Crippen molar-refractivity contribution in [3.63, 3.8) is 0 Å². The average molecular weight is 265 g/mol. The Kier molecular flexibility index (Phi) is 3.55. The van der Waals surface area contributed by atoms with Gasteiger partial charge >= 0.3 is 0 Å². The Balaban J connectivity index is 1.89. The van der Waals surface area contributed by atoms with Crippen LogP contribution in [0.2, 0.25) is 0 Å². The van der Waals surface area contributed by atoms with Crippen LogP contribution in [0.25, 0.3) is 0 Å². The van der Waals surface area contributed by atoms with Gasteiger partial charge in [-0.2, -0.15) is 0 Å². The molecule has 0 saturated heterocycles. The fraction of sp³-hybridized carbons (Fsp3) is 0.278. The van der Waals surface area contributed by atoms with E-state index in [0.717, 1.165) is 18.5 Å². The zero-order valence-electron chi connectivity index (χ0n) is 11.8. The van der Waals surface area contributed by atoms with Crippen molar-refractivity contribution in [2.75, 3.05) is 4.90 Å². The molecule has 0 aliphatic heterocycles. The standard InChI is InChI=1S/C18H19NO/c1-14-6-5-9-17(12-14)19(18(20)16-10-11-16)13-15-7-3-2-4-8-15/h2-9,12,16H,10-11,13H2,1H3. The van der Waals surface area contributed by atoms with Crippen LogP contribution in [-0.2, 0) is 11.3 Å². The fourth-order valence-electron chi connectivity index (χ4n) is 2.41. The van der Waals surface area contributed by atoms with Gasteiger partial charge in [-0.3, -0.25) is 4.79 Å². The normalized spacial score (nSPS) is 14.1. The van der Waals surface area contributed by atoms with Crippen LogP contribution in [0.4, 0.5) is 5.69 Å². The van der Waals surface area contributed by atoms with Gasteiger partial charge < -0.3 is 4.90 Å². The number of rotatable bonds is 4. The predicted octanol–water partition coefficient (Wildman–Crippen LogP) is 3.94. The lowest BCUT2D eigenvalue weighted by Crippen LogP contribution is -2.31. The van der Waals surface area contributed by atoms with Crippen LogP contribution >= 0.6 is 0 Å². The van der Waals surface area contributed by atoms with Crippen molar-refractivity contribution in [1.82, 2.24) is 0 Å². The number of carbonyl (C=O) groups excluding carboxylic acids is 1. The number of hydrogen-bond acceptors (Lipinski definition) is 1. The summed E-state index contributed by atoms with van der Waals surface area (Å²) in [5.41, 5.74) is 3.36. The van der Waals surface area contributed by atoms with Gasteiger partial charge in [0.15, 0.2) is 0 Å². The lowest BCUT2D eigenvalue weighted by Gasteiger charge is -2.23. The quantitative estimate of drug-likeness (QED) is 0.820. The Hall–Kier alpha value is -2.09. The third kappa shape index (κ3) is 2.90. The molecule has 2 aromatic carbocycles. The summed E-state index contributed by atoms with van der Waals surface area (Å²) in [4.78, 5) is 14.5. The van der Waals surface area contributed by atoms with E-state index >= 15 is 0 Å². The van der Waals surface area contributed by atoms with E-state index in [1.165, 1.54) is 11.1 Å². The largest absolute Gasteiger partial charge is 0.308 e. The highest BCUT2D eigenvalue weighted by atomic mass is 16.2. The molecular weight excluding hydrogens is 246 g/mol. The second kappa shape index (κ2) is 5.49. The molecule has 1 aliphatic rings. The molecule has 1 saturated carbocycles. The summed E-state index contributed by atoms with van der Waals surface area (Å²) >= 11 is 0. The molecule has 0 spiro atoms. The van der Waals surface area contributed by atoms with Crippen molar-refractivity contribution < 1.29 is 4.79 Å². The third-order valence-electron chi connectivity index (χ3n) is 3.69. The number of benzene rings is 2. The molecular formula is C18H19NO. The number of anilines is 1. The van der Waals surface area contributed by atoms with Crippen LogP contribution in [0.1, 0.15) is 24.0 Å². The zero-order valence-corrected chi connectivity index (χ0v) is 11.8. The maximum Gasteiger partial charge on any atom is 0.230 e. The van der Waals surface area contributed by atoms with Crippen LogP contribution in [0.5, 0.6) is 0 Å². The molecule has 1 aliphatic carbocycles. The second-order valence-electron chi connectivity index (χ2n) is 5.52. The number of amides is 1. The van der Waals surface area contributed by atoms with Crippen molar-refractivity contribution in [2.24, 2.45) is 5.92 Å². The zero-order chi connectivity index (χ0) is 13.9. The Morgan fingerprint density at radius 3 is 2.50 bits per heavy atom. The first-order valence-corrected chi connectivity index (χ1v) is 7.16. The molecule has 20 heavy (non-hydrogen) atoms. The maximum atomic E-state index is 12.5. The molecule has 1 fully saturated rings. The molecule has 0 atom stereocenters. The van der Waals surface area contributed by atoms with Gasteiger partial charge in [0, 0.05) is 11.6 Å². The van der Waals surface area contributed by atoms with E-state index in [-0.39, 0.29) is 11.8 Å². The molecule has 0 bridgehead atoms. The molecule has 0 radical (unpaired) electrons. The monoisotopic (exact) mass is 265 g/mol. The van der Waals surface area contributed by atoms with Gasteiger partial charge in [0.2, 0.25) is 5.91 Å². The van der Waals surface area contributed by atoms with Crippen LogP contribution < -0.4 is 4.90 Å². The van der Waals surface area contributed by atoms with Gasteiger partial charge in [0.05, 0.1) is 6.54 Å². The summed E-state index contributed by atoms with van der Waals surface area (Å²) in [7, 11) is 0. The van der Waals surface area contributed by atoms with Crippen LogP contribution in [0.3, 0.4) is 0 Å². The molecule has 3 rings (SSSR count). The molecule has 0 N–H and O–H groups in total. The summed E-state index contributed by atoms with van der Waals surface area (Å²) in [6.07, 6.45) is 2.08. The number of carbonyl (C=O) groups is 1. The smallest absolute Gasteiger partial charge is 0.230 e. The van der Waals surface area contributed by atoms with E-state index in [9.17, 15) is 4.79 Å². The van der Waals surface area contributed by atoms with Crippen LogP contribution in [0, 0.1) is 12.8 Å². The summed E-state index contributed by atoms with van der Waals surface area (Å²) in [6.45, 7) is 2.71. The lowest BCUT2D eigenvalue weighted by molar-refractivity contribution is -0.119. The Bertz CT molecular complexity index is 602. The van der Waals surface area contributed by atoms with Crippen molar-refractivity contribution >= 4 is 11.6 Å². The topological polar surface area (TPSA) is 20.3 Å². The predicted molar refractivity (Wildman–Crippen MR) is 81.5 cm³/mol. The lowest BCUT2D eigenvalue weighted by atomic mass is 10.1. The van der Waals surface area contributed by atoms with Gasteiger partial charge in [0.1, 0.15) is 0 Å². The van der Waals surface area contributed by atoms with Gasteiger partial charge in [-0.05, 0) is 43.0 Å². The molecule has 102 valence electrons. The highest BCUT2D eigenvalue weighted by molar-refractivity contribution is 5.96. The highest BCUT2D eigenvalue weighted by Crippen LogP contribution is 2.33. The van der Waals surface area contributed by atoms with E-state index in [0.29, 0.717) is 6.54 Å². The Morgan fingerprint density at radius 2 is 1.85 bits per heavy atom. The average Bonchev–Trinajstić information content (AvgIpc) is 3.30. The van der Waals surface area contributed by atoms with E-state index in [1.807, 2.05) is 35.2 Å². The SMILES string of the molecule is Cc1cccc(N(Cc2ccccc2)C(=O)C2CC2)c1. The first kappa shape index (κ1) is 12.9. The summed E-state index contributed by atoms with van der Waals surface area (Å²) in [5.74, 6) is 0.499. The summed E-state index contributed by atoms with van der Waals surface area (Å²) in [6, 6.07) is 18.4. The number of hydrogen-bond donors (Lipinski definition) is 0. The first-order valence-electron chi connectivity index (χ1n) is 7.16. The van der Waals surface area contributed by atoms with Crippen molar-refractivity contribution in [3.8, 4) is 0 Å². The van der Waals surface area contributed by atoms with Crippen LogP contribution in [-0.4, -0.2) is 5.91 Å². The van der Waals surface area contributed by atoms with Crippen molar-refractivity contribution in [3.05, 3.63) is 65.7 Å². The first-order chi connectivity index (χ1) is 9.74.